The van der Waals surface area contributed by atoms with Gasteiger partial charge in [-0.1, -0.05) is 47.6 Å². The minimum absolute atomic E-state index is 0.0583. The molecule has 2 N–H and O–H groups in total. The van der Waals surface area contributed by atoms with E-state index in [0.29, 0.717) is 27.7 Å². The summed E-state index contributed by atoms with van der Waals surface area (Å²) in [5.41, 5.74) is 1.55. The van der Waals surface area contributed by atoms with Crippen molar-refractivity contribution in [2.75, 3.05) is 11.1 Å². The lowest BCUT2D eigenvalue weighted by Gasteiger charge is -2.10. The van der Waals surface area contributed by atoms with Crippen LogP contribution in [-0.2, 0) is 4.79 Å². The van der Waals surface area contributed by atoms with Crippen LogP contribution in [-0.4, -0.2) is 33.8 Å². The molecule has 9 heteroatoms. The first-order chi connectivity index (χ1) is 14.1. The van der Waals surface area contributed by atoms with Crippen molar-refractivity contribution in [1.29, 1.82) is 0 Å². The molecule has 3 aromatic rings. The number of anilines is 1. The molecule has 0 bridgehead atoms. The number of hydrogen-bond donors (Lipinski definition) is 2. The molecule has 0 aliphatic heterocycles. The van der Waals surface area contributed by atoms with Gasteiger partial charge < -0.3 is 15.1 Å². The number of hydrogen-bond acceptors (Lipinski definition) is 6. The predicted molar refractivity (Wildman–Crippen MR) is 111 cm³/mol. The number of halogens is 1. The zero-order valence-corrected chi connectivity index (χ0v) is 16.8. The molecule has 2 amide bonds. The Morgan fingerprint density at radius 2 is 1.86 bits per heavy atom. The molecular formula is C20H17ClN4O3S. The molecule has 1 aromatic heterocycles. The third-order valence-electron chi connectivity index (χ3n) is 4.20. The molecule has 1 saturated carbocycles. The van der Waals surface area contributed by atoms with Crippen molar-refractivity contribution in [1.82, 2.24) is 15.5 Å². The molecule has 0 unspecified atom stereocenters. The molecule has 1 heterocycles. The van der Waals surface area contributed by atoms with Crippen molar-refractivity contribution >= 4 is 40.9 Å². The summed E-state index contributed by atoms with van der Waals surface area (Å²) < 4.78 is 5.58. The van der Waals surface area contributed by atoms with Crippen LogP contribution < -0.4 is 10.6 Å². The van der Waals surface area contributed by atoms with Crippen LogP contribution in [0.4, 0.5) is 5.69 Å². The van der Waals surface area contributed by atoms with E-state index in [9.17, 15) is 9.59 Å². The van der Waals surface area contributed by atoms with E-state index in [2.05, 4.69) is 20.8 Å². The van der Waals surface area contributed by atoms with E-state index in [1.165, 1.54) is 0 Å². The van der Waals surface area contributed by atoms with Crippen molar-refractivity contribution in [3.05, 3.63) is 59.1 Å². The van der Waals surface area contributed by atoms with Crippen molar-refractivity contribution in [3.8, 4) is 11.5 Å². The Hall–Kier alpha value is -2.84. The normalized spacial score (nSPS) is 13.1. The van der Waals surface area contributed by atoms with Gasteiger partial charge in [-0.05, 0) is 37.1 Å². The first-order valence-electron chi connectivity index (χ1n) is 9.01. The molecule has 7 nitrogen and oxygen atoms in total. The summed E-state index contributed by atoms with van der Waals surface area (Å²) in [5, 5.41) is 14.4. The molecule has 0 radical (unpaired) electrons. The summed E-state index contributed by atoms with van der Waals surface area (Å²) in [6, 6.07) is 14.3. The van der Waals surface area contributed by atoms with Gasteiger partial charge in [-0.3, -0.25) is 9.59 Å². The van der Waals surface area contributed by atoms with Gasteiger partial charge in [-0.25, -0.2) is 0 Å². The van der Waals surface area contributed by atoms with Gasteiger partial charge in [0.1, 0.15) is 0 Å². The first-order valence-corrected chi connectivity index (χ1v) is 10.4. The maximum Gasteiger partial charge on any atom is 0.277 e. The van der Waals surface area contributed by atoms with Crippen LogP contribution in [0.1, 0.15) is 23.2 Å². The van der Waals surface area contributed by atoms with E-state index in [0.717, 1.165) is 24.6 Å². The van der Waals surface area contributed by atoms with E-state index in [4.69, 9.17) is 16.0 Å². The molecule has 2 aromatic carbocycles. The Bertz CT molecular complexity index is 1050. The monoisotopic (exact) mass is 428 g/mol. The number of rotatable bonds is 7. The quantitative estimate of drug-likeness (QED) is 0.552. The Balaban J connectivity index is 1.36. The highest BCUT2D eigenvalue weighted by Crippen LogP contribution is 2.29. The van der Waals surface area contributed by atoms with Crippen LogP contribution in [0.3, 0.4) is 0 Å². The zero-order chi connectivity index (χ0) is 20.2. The number of carbonyl (C=O) groups is 2. The van der Waals surface area contributed by atoms with Gasteiger partial charge in [0.15, 0.2) is 0 Å². The third-order valence-corrected chi connectivity index (χ3v) is 5.34. The summed E-state index contributed by atoms with van der Waals surface area (Å²) in [6.07, 6.45) is 1.99. The van der Waals surface area contributed by atoms with E-state index >= 15 is 0 Å². The smallest absolute Gasteiger partial charge is 0.277 e. The molecule has 0 atom stereocenters. The Morgan fingerprint density at radius 1 is 1.10 bits per heavy atom. The Labute approximate surface area is 176 Å². The van der Waals surface area contributed by atoms with Crippen LogP contribution in [0.15, 0.2) is 58.2 Å². The Morgan fingerprint density at radius 3 is 2.66 bits per heavy atom. The van der Waals surface area contributed by atoms with Gasteiger partial charge >= 0.3 is 0 Å². The minimum atomic E-state index is -0.279. The molecule has 0 saturated heterocycles. The second-order valence-electron chi connectivity index (χ2n) is 6.48. The lowest BCUT2D eigenvalue weighted by Crippen LogP contribution is -2.27. The van der Waals surface area contributed by atoms with Crippen LogP contribution in [0.25, 0.3) is 11.5 Å². The van der Waals surface area contributed by atoms with Gasteiger partial charge in [0.2, 0.25) is 11.8 Å². The number of carbonyl (C=O) groups excluding carboxylic acids is 2. The maximum absolute atomic E-state index is 12.4. The summed E-state index contributed by atoms with van der Waals surface area (Å²) in [5.74, 6) is -0.111. The number of nitrogens with one attached hydrogen (secondary N) is 2. The number of amides is 2. The van der Waals surface area contributed by atoms with E-state index < -0.39 is 0 Å². The van der Waals surface area contributed by atoms with Crippen molar-refractivity contribution in [2.45, 2.75) is 24.1 Å². The summed E-state index contributed by atoms with van der Waals surface area (Å²) in [4.78, 5) is 24.7. The van der Waals surface area contributed by atoms with Crippen LogP contribution in [0, 0.1) is 0 Å². The predicted octanol–water partition coefficient (Wildman–Crippen LogP) is 4.01. The van der Waals surface area contributed by atoms with Gasteiger partial charge in [-0.15, -0.1) is 10.2 Å². The SMILES string of the molecule is O=C(CSc1nnc(-c2ccccc2Cl)o1)Nc1ccccc1C(=O)NC1CC1. The number of aromatic nitrogens is 2. The van der Waals surface area contributed by atoms with E-state index in [-0.39, 0.29) is 28.8 Å². The second kappa shape index (κ2) is 8.67. The standard InChI is InChI=1S/C20H17ClN4O3S/c21-15-7-3-1-5-13(15)19-24-25-20(28-19)29-11-17(26)23-16-8-4-2-6-14(16)18(27)22-12-9-10-12/h1-8,12H,9-11H2,(H,22,27)(H,23,26). The summed E-state index contributed by atoms with van der Waals surface area (Å²) in [6.45, 7) is 0. The molecule has 0 spiro atoms. The molecule has 4 rings (SSSR count). The van der Waals surface area contributed by atoms with Crippen LogP contribution in [0.2, 0.25) is 5.02 Å². The van der Waals surface area contributed by atoms with Crippen molar-refractivity contribution < 1.29 is 14.0 Å². The van der Waals surface area contributed by atoms with E-state index in [1.54, 1.807) is 36.4 Å². The van der Waals surface area contributed by atoms with Gasteiger partial charge in [0.25, 0.3) is 11.1 Å². The molecule has 1 aliphatic rings. The fourth-order valence-electron chi connectivity index (χ4n) is 2.61. The lowest BCUT2D eigenvalue weighted by molar-refractivity contribution is -0.113. The molecule has 1 fully saturated rings. The Kier molecular flexibility index (Phi) is 5.82. The maximum atomic E-state index is 12.4. The summed E-state index contributed by atoms with van der Waals surface area (Å²) in [7, 11) is 0. The molecule has 148 valence electrons. The minimum Gasteiger partial charge on any atom is -0.411 e. The lowest BCUT2D eigenvalue weighted by atomic mass is 10.1. The highest BCUT2D eigenvalue weighted by atomic mass is 35.5. The van der Waals surface area contributed by atoms with Crippen LogP contribution in [0.5, 0.6) is 0 Å². The number of thioether (sulfide) groups is 1. The van der Waals surface area contributed by atoms with Crippen LogP contribution >= 0.6 is 23.4 Å². The number of para-hydroxylation sites is 1. The van der Waals surface area contributed by atoms with Gasteiger partial charge in [0.05, 0.1) is 27.6 Å². The van der Waals surface area contributed by atoms with Crippen molar-refractivity contribution in [3.63, 3.8) is 0 Å². The largest absolute Gasteiger partial charge is 0.411 e. The number of nitrogens with zero attached hydrogens (tertiary/aromatic N) is 2. The molecule has 29 heavy (non-hydrogen) atoms. The van der Waals surface area contributed by atoms with E-state index in [1.807, 2.05) is 12.1 Å². The fraction of sp³-hybridized carbons (Fsp3) is 0.200. The average Bonchev–Trinajstić information content (AvgIpc) is 3.41. The molecular weight excluding hydrogens is 412 g/mol. The summed E-state index contributed by atoms with van der Waals surface area (Å²) >= 11 is 7.24. The second-order valence-corrected chi connectivity index (χ2v) is 7.82. The first kappa shape index (κ1) is 19.5. The molecule has 1 aliphatic carbocycles. The fourth-order valence-corrected chi connectivity index (χ4v) is 3.39. The third kappa shape index (κ3) is 4.96. The van der Waals surface area contributed by atoms with Gasteiger partial charge in [-0.2, -0.15) is 0 Å². The topological polar surface area (TPSA) is 97.1 Å². The highest BCUT2D eigenvalue weighted by molar-refractivity contribution is 7.99. The number of benzene rings is 2. The average molecular weight is 429 g/mol. The van der Waals surface area contributed by atoms with Gasteiger partial charge in [0, 0.05) is 6.04 Å². The zero-order valence-electron chi connectivity index (χ0n) is 15.2. The highest BCUT2D eigenvalue weighted by Gasteiger charge is 2.25. The van der Waals surface area contributed by atoms with Crippen molar-refractivity contribution in [2.24, 2.45) is 0 Å².